The maximum absolute atomic E-state index is 14.0. The third kappa shape index (κ3) is 5.11. The molecule has 0 radical (unpaired) electrons. The highest BCUT2D eigenvalue weighted by Crippen LogP contribution is 2.37. The standard InChI is InChI=1S/C27H29F3N4O4/c1-14-12-33(13-15(2)37-14)25(35)18-5-9-20(10-6-18)38-16(3)21-11-22-24(32-23(21)27(28,29)30)31-17(4)34(26(22)36)19-7-8-19/h5-6,9-11,14-16,19H,7-8,12-13H2,1-4H3. The lowest BCUT2D eigenvalue weighted by atomic mass is 10.1. The normalized spacial score (nSPS) is 21.0. The zero-order valence-corrected chi connectivity index (χ0v) is 21.6. The minimum atomic E-state index is -4.77. The Morgan fingerprint density at radius 3 is 2.32 bits per heavy atom. The minimum Gasteiger partial charge on any atom is -0.486 e. The first kappa shape index (κ1) is 26.1. The van der Waals surface area contributed by atoms with E-state index < -0.39 is 23.5 Å². The molecule has 0 bridgehead atoms. The first-order valence-corrected chi connectivity index (χ1v) is 12.6. The summed E-state index contributed by atoms with van der Waals surface area (Å²) in [5, 5.41) is 0.0239. The van der Waals surface area contributed by atoms with Gasteiger partial charge in [0.1, 0.15) is 17.7 Å². The van der Waals surface area contributed by atoms with Gasteiger partial charge in [-0.2, -0.15) is 13.2 Å². The number of morpholine rings is 1. The van der Waals surface area contributed by atoms with Gasteiger partial charge in [0.25, 0.3) is 11.5 Å². The topological polar surface area (TPSA) is 86.6 Å². The van der Waals surface area contributed by atoms with E-state index in [1.54, 1.807) is 36.1 Å². The zero-order chi connectivity index (χ0) is 27.4. The number of hydrogen-bond acceptors (Lipinski definition) is 6. The van der Waals surface area contributed by atoms with Gasteiger partial charge in [-0.05, 0) is 70.9 Å². The lowest BCUT2D eigenvalue weighted by molar-refractivity contribution is -0.142. The van der Waals surface area contributed by atoms with E-state index >= 15 is 0 Å². The summed E-state index contributed by atoms with van der Waals surface area (Å²) in [6.07, 6.45) is -4.34. The molecule has 0 spiro atoms. The Hall–Kier alpha value is -3.47. The highest BCUT2D eigenvalue weighted by atomic mass is 19.4. The molecule has 1 aliphatic heterocycles. The summed E-state index contributed by atoms with van der Waals surface area (Å²) in [5.41, 5.74) is -1.60. The number of benzene rings is 1. The summed E-state index contributed by atoms with van der Waals surface area (Å²) >= 11 is 0. The van der Waals surface area contributed by atoms with Crippen molar-refractivity contribution in [3.05, 3.63) is 63.3 Å². The number of fused-ring (bicyclic) bond motifs is 1. The molecule has 202 valence electrons. The van der Waals surface area contributed by atoms with Crippen LogP contribution in [0.5, 0.6) is 5.75 Å². The van der Waals surface area contributed by atoms with E-state index in [4.69, 9.17) is 9.47 Å². The van der Waals surface area contributed by atoms with Gasteiger partial charge >= 0.3 is 6.18 Å². The first-order chi connectivity index (χ1) is 17.9. The van der Waals surface area contributed by atoms with E-state index in [1.807, 2.05) is 13.8 Å². The van der Waals surface area contributed by atoms with E-state index in [0.717, 1.165) is 12.8 Å². The van der Waals surface area contributed by atoms with Crippen LogP contribution in [0.15, 0.2) is 35.1 Å². The number of amides is 1. The first-order valence-electron chi connectivity index (χ1n) is 12.6. The molecule has 11 heteroatoms. The number of halogens is 3. The SMILES string of the molecule is Cc1nc2nc(C(F)(F)F)c(C(C)Oc3ccc(C(=O)N4CC(C)OC(C)C4)cc3)cc2c(=O)n1C1CC1. The van der Waals surface area contributed by atoms with Crippen LogP contribution in [-0.2, 0) is 10.9 Å². The molecule has 3 aromatic rings. The van der Waals surface area contributed by atoms with Crippen LogP contribution in [0.1, 0.15) is 73.2 Å². The average Bonchev–Trinajstić information content (AvgIpc) is 3.67. The van der Waals surface area contributed by atoms with Crippen molar-refractivity contribution in [2.75, 3.05) is 13.1 Å². The quantitative estimate of drug-likeness (QED) is 0.469. The van der Waals surface area contributed by atoms with Crippen LogP contribution in [0.3, 0.4) is 0 Å². The number of hydrogen-bond donors (Lipinski definition) is 0. The highest BCUT2D eigenvalue weighted by molar-refractivity contribution is 5.94. The molecule has 2 aliphatic rings. The molecule has 0 N–H and O–H groups in total. The van der Waals surface area contributed by atoms with Crippen molar-refractivity contribution >= 4 is 16.9 Å². The average molecular weight is 531 g/mol. The Bertz CT molecular complexity index is 1420. The molecule has 2 fully saturated rings. The van der Waals surface area contributed by atoms with E-state index in [2.05, 4.69) is 9.97 Å². The molecule has 5 rings (SSSR count). The summed E-state index contributed by atoms with van der Waals surface area (Å²) in [5.74, 6) is 0.473. The van der Waals surface area contributed by atoms with E-state index in [0.29, 0.717) is 24.5 Å². The van der Waals surface area contributed by atoms with Crippen molar-refractivity contribution in [3.63, 3.8) is 0 Å². The molecular weight excluding hydrogens is 501 g/mol. The molecule has 1 aliphatic carbocycles. The van der Waals surface area contributed by atoms with Gasteiger partial charge in [0.2, 0.25) is 0 Å². The van der Waals surface area contributed by atoms with Gasteiger partial charge in [0.15, 0.2) is 11.3 Å². The fraction of sp³-hybridized carbons (Fsp3) is 0.481. The highest BCUT2D eigenvalue weighted by Gasteiger charge is 2.38. The second-order valence-electron chi connectivity index (χ2n) is 10.1. The number of nitrogens with zero attached hydrogens (tertiary/aromatic N) is 4. The lowest BCUT2D eigenvalue weighted by Gasteiger charge is -2.35. The summed E-state index contributed by atoms with van der Waals surface area (Å²) in [7, 11) is 0. The number of alkyl halides is 3. The maximum atomic E-state index is 14.0. The van der Waals surface area contributed by atoms with E-state index in [1.165, 1.54) is 17.6 Å². The van der Waals surface area contributed by atoms with Crippen molar-refractivity contribution in [3.8, 4) is 5.75 Å². The predicted molar refractivity (Wildman–Crippen MR) is 133 cm³/mol. The largest absolute Gasteiger partial charge is 0.486 e. The van der Waals surface area contributed by atoms with Crippen LogP contribution >= 0.6 is 0 Å². The van der Waals surface area contributed by atoms with Crippen LogP contribution in [0.2, 0.25) is 0 Å². The zero-order valence-electron chi connectivity index (χ0n) is 21.6. The van der Waals surface area contributed by atoms with Crippen LogP contribution in [0, 0.1) is 6.92 Å². The number of ether oxygens (including phenoxy) is 2. The Labute approximate surface area is 217 Å². The monoisotopic (exact) mass is 530 g/mol. The Morgan fingerprint density at radius 2 is 1.74 bits per heavy atom. The molecule has 2 aromatic heterocycles. The second kappa shape index (κ2) is 9.68. The molecule has 38 heavy (non-hydrogen) atoms. The Morgan fingerprint density at radius 1 is 1.11 bits per heavy atom. The van der Waals surface area contributed by atoms with Gasteiger partial charge in [-0.3, -0.25) is 14.2 Å². The Balaban J connectivity index is 1.43. The number of carbonyl (C=O) groups is 1. The molecule has 3 unspecified atom stereocenters. The van der Waals surface area contributed by atoms with Crippen molar-refractivity contribution in [2.45, 2.75) is 71.1 Å². The van der Waals surface area contributed by atoms with Crippen molar-refractivity contribution in [2.24, 2.45) is 0 Å². The third-order valence-corrected chi connectivity index (χ3v) is 6.84. The van der Waals surface area contributed by atoms with Crippen molar-refractivity contribution in [1.82, 2.24) is 19.4 Å². The number of rotatable bonds is 5. The van der Waals surface area contributed by atoms with Crippen LogP contribution in [0.4, 0.5) is 13.2 Å². The van der Waals surface area contributed by atoms with Gasteiger partial charge in [0, 0.05) is 30.3 Å². The van der Waals surface area contributed by atoms with E-state index in [-0.39, 0.29) is 46.5 Å². The summed E-state index contributed by atoms with van der Waals surface area (Å²) < 4.78 is 55.0. The van der Waals surface area contributed by atoms with Gasteiger partial charge < -0.3 is 14.4 Å². The van der Waals surface area contributed by atoms with Gasteiger partial charge in [0.05, 0.1) is 17.6 Å². The molecule has 3 heterocycles. The summed E-state index contributed by atoms with van der Waals surface area (Å²) in [6.45, 7) is 7.83. The maximum Gasteiger partial charge on any atom is 0.433 e. The van der Waals surface area contributed by atoms with Crippen LogP contribution in [-0.4, -0.2) is 50.6 Å². The molecule has 1 aromatic carbocycles. The predicted octanol–water partition coefficient (Wildman–Crippen LogP) is 4.84. The Kier molecular flexibility index (Phi) is 6.66. The third-order valence-electron chi connectivity index (χ3n) is 6.84. The molecule has 3 atom stereocenters. The number of carbonyl (C=O) groups excluding carboxylic acids is 1. The fourth-order valence-electron chi connectivity index (χ4n) is 5.02. The van der Waals surface area contributed by atoms with Gasteiger partial charge in [-0.1, -0.05) is 0 Å². The van der Waals surface area contributed by atoms with E-state index in [9.17, 15) is 22.8 Å². The second-order valence-corrected chi connectivity index (χ2v) is 10.1. The fourth-order valence-corrected chi connectivity index (χ4v) is 5.02. The molecule has 1 saturated heterocycles. The van der Waals surface area contributed by atoms with Crippen LogP contribution < -0.4 is 10.3 Å². The minimum absolute atomic E-state index is 0.0175. The van der Waals surface area contributed by atoms with Crippen molar-refractivity contribution in [1.29, 1.82) is 0 Å². The summed E-state index contributed by atoms with van der Waals surface area (Å²) in [4.78, 5) is 35.7. The lowest BCUT2D eigenvalue weighted by Crippen LogP contribution is -2.48. The van der Waals surface area contributed by atoms with Crippen molar-refractivity contribution < 1.29 is 27.4 Å². The number of aryl methyl sites for hydroxylation is 1. The smallest absolute Gasteiger partial charge is 0.433 e. The molecular formula is C27H29F3N4O4. The molecule has 8 nitrogen and oxygen atoms in total. The molecule has 1 amide bonds. The molecule has 1 saturated carbocycles. The van der Waals surface area contributed by atoms with Crippen LogP contribution in [0.25, 0.3) is 11.0 Å². The number of pyridine rings is 1. The summed E-state index contributed by atoms with van der Waals surface area (Å²) in [6, 6.07) is 7.47. The van der Waals surface area contributed by atoms with Gasteiger partial charge in [-0.15, -0.1) is 0 Å². The van der Waals surface area contributed by atoms with Gasteiger partial charge in [-0.25, -0.2) is 9.97 Å². The number of aromatic nitrogens is 3.